The molecule has 2 unspecified atom stereocenters. The molecule has 1 saturated heterocycles. The van der Waals surface area contributed by atoms with Gasteiger partial charge in [-0.1, -0.05) is 20.3 Å². The van der Waals surface area contributed by atoms with E-state index in [1.54, 1.807) is 0 Å². The van der Waals surface area contributed by atoms with Crippen LogP contribution in [-0.4, -0.2) is 32.8 Å². The minimum absolute atomic E-state index is 0.00795. The van der Waals surface area contributed by atoms with E-state index < -0.39 is 10.0 Å². The molecule has 5 heteroatoms. The fourth-order valence-corrected chi connectivity index (χ4v) is 3.55. The highest BCUT2D eigenvalue weighted by atomic mass is 32.2. The van der Waals surface area contributed by atoms with Crippen molar-refractivity contribution in [1.82, 2.24) is 10.0 Å². The van der Waals surface area contributed by atoms with Gasteiger partial charge in [0.05, 0.1) is 5.75 Å². The average Bonchev–Trinajstić information content (AvgIpc) is 2.17. The van der Waals surface area contributed by atoms with Gasteiger partial charge in [-0.3, -0.25) is 0 Å². The Morgan fingerprint density at radius 3 is 2.50 bits per heavy atom. The van der Waals surface area contributed by atoms with Crippen molar-refractivity contribution in [3.05, 3.63) is 0 Å². The largest absolute Gasteiger partial charge is 0.313 e. The molecule has 0 aliphatic carbocycles. The van der Waals surface area contributed by atoms with Crippen molar-refractivity contribution in [2.24, 2.45) is 5.92 Å². The van der Waals surface area contributed by atoms with Crippen molar-refractivity contribution in [3.8, 4) is 0 Å². The first kappa shape index (κ1) is 13.9. The third-order valence-electron chi connectivity index (χ3n) is 3.20. The SMILES string of the molecule is CC(C)C(C)NS(=O)(=O)CC1CCCCN1. The molecular formula is C11H24N2O2S. The number of hydrogen-bond donors (Lipinski definition) is 2. The van der Waals surface area contributed by atoms with E-state index in [9.17, 15) is 8.42 Å². The van der Waals surface area contributed by atoms with Gasteiger partial charge >= 0.3 is 0 Å². The first-order chi connectivity index (χ1) is 7.41. The van der Waals surface area contributed by atoms with Gasteiger partial charge in [0.15, 0.2) is 0 Å². The summed E-state index contributed by atoms with van der Waals surface area (Å²) in [5, 5.41) is 3.26. The molecule has 0 aromatic heterocycles. The molecule has 16 heavy (non-hydrogen) atoms. The third kappa shape index (κ3) is 4.80. The summed E-state index contributed by atoms with van der Waals surface area (Å²) in [6.45, 7) is 6.90. The van der Waals surface area contributed by atoms with Crippen molar-refractivity contribution >= 4 is 10.0 Å². The smallest absolute Gasteiger partial charge is 0.213 e. The number of nitrogens with one attached hydrogen (secondary N) is 2. The first-order valence-electron chi connectivity index (χ1n) is 6.14. The van der Waals surface area contributed by atoms with E-state index in [1.165, 1.54) is 0 Å². The zero-order valence-corrected chi connectivity index (χ0v) is 11.3. The van der Waals surface area contributed by atoms with Gasteiger partial charge in [0.2, 0.25) is 10.0 Å². The molecule has 2 N–H and O–H groups in total. The van der Waals surface area contributed by atoms with Crippen LogP contribution in [0.25, 0.3) is 0 Å². The summed E-state index contributed by atoms with van der Waals surface area (Å²) in [7, 11) is -3.14. The molecule has 0 aromatic carbocycles. The predicted octanol–water partition coefficient (Wildman–Crippen LogP) is 1.09. The Morgan fingerprint density at radius 2 is 2.00 bits per heavy atom. The molecule has 0 amide bonds. The van der Waals surface area contributed by atoms with Crippen LogP contribution in [0.5, 0.6) is 0 Å². The van der Waals surface area contributed by atoms with Crippen molar-refractivity contribution in [1.29, 1.82) is 0 Å². The molecule has 0 spiro atoms. The van der Waals surface area contributed by atoms with Crippen LogP contribution in [0.15, 0.2) is 0 Å². The molecule has 1 fully saturated rings. The zero-order valence-electron chi connectivity index (χ0n) is 10.5. The summed E-state index contributed by atoms with van der Waals surface area (Å²) >= 11 is 0. The van der Waals surface area contributed by atoms with Crippen molar-refractivity contribution in [2.45, 2.75) is 52.1 Å². The molecule has 0 aromatic rings. The van der Waals surface area contributed by atoms with Crippen LogP contribution in [0.2, 0.25) is 0 Å². The van der Waals surface area contributed by atoms with Crippen molar-refractivity contribution in [2.75, 3.05) is 12.3 Å². The molecule has 4 nitrogen and oxygen atoms in total. The van der Waals surface area contributed by atoms with Gasteiger partial charge in [-0.15, -0.1) is 0 Å². The number of piperidine rings is 1. The lowest BCUT2D eigenvalue weighted by atomic mass is 10.1. The Bertz CT molecular complexity index is 295. The normalized spacial score (nSPS) is 24.6. The number of sulfonamides is 1. The fourth-order valence-electron chi connectivity index (χ4n) is 1.80. The van der Waals surface area contributed by atoms with Gasteiger partial charge in [0.25, 0.3) is 0 Å². The van der Waals surface area contributed by atoms with E-state index in [1.807, 2.05) is 20.8 Å². The maximum absolute atomic E-state index is 11.9. The fraction of sp³-hybridized carbons (Fsp3) is 1.00. The van der Waals surface area contributed by atoms with Crippen LogP contribution in [-0.2, 0) is 10.0 Å². The lowest BCUT2D eigenvalue weighted by Crippen LogP contribution is -2.45. The maximum Gasteiger partial charge on any atom is 0.213 e. The van der Waals surface area contributed by atoms with E-state index in [0.717, 1.165) is 25.8 Å². The number of rotatable bonds is 5. The van der Waals surface area contributed by atoms with Crippen LogP contribution < -0.4 is 10.0 Å². The van der Waals surface area contributed by atoms with Gasteiger partial charge in [-0.25, -0.2) is 13.1 Å². The summed E-state index contributed by atoms with van der Waals surface area (Å²) in [5.41, 5.74) is 0. The molecule has 1 heterocycles. The molecule has 0 bridgehead atoms. The number of hydrogen-bond acceptors (Lipinski definition) is 3. The summed E-state index contributed by atoms with van der Waals surface area (Å²) in [6.07, 6.45) is 3.26. The van der Waals surface area contributed by atoms with Crippen LogP contribution in [0.1, 0.15) is 40.0 Å². The van der Waals surface area contributed by atoms with Crippen LogP contribution >= 0.6 is 0 Å². The highest BCUT2D eigenvalue weighted by molar-refractivity contribution is 7.89. The third-order valence-corrected chi connectivity index (χ3v) is 4.77. The summed E-state index contributed by atoms with van der Waals surface area (Å²) < 4.78 is 26.5. The second-order valence-electron chi connectivity index (χ2n) is 5.08. The highest BCUT2D eigenvalue weighted by Gasteiger charge is 2.23. The van der Waals surface area contributed by atoms with Gasteiger partial charge in [0.1, 0.15) is 0 Å². The summed E-state index contributed by atoms with van der Waals surface area (Å²) in [5.74, 6) is 0.540. The Morgan fingerprint density at radius 1 is 1.31 bits per heavy atom. The predicted molar refractivity (Wildman–Crippen MR) is 66.9 cm³/mol. The molecule has 96 valence electrons. The van der Waals surface area contributed by atoms with Crippen LogP contribution in [0.4, 0.5) is 0 Å². The second kappa shape index (κ2) is 5.98. The Kier molecular flexibility index (Phi) is 5.21. The standard InChI is InChI=1S/C11H24N2O2S/c1-9(2)10(3)13-16(14,15)8-11-6-4-5-7-12-11/h9-13H,4-8H2,1-3H3. The van der Waals surface area contributed by atoms with E-state index in [-0.39, 0.29) is 17.8 Å². The van der Waals surface area contributed by atoms with Gasteiger partial charge < -0.3 is 5.32 Å². The second-order valence-corrected chi connectivity index (χ2v) is 6.88. The first-order valence-corrected chi connectivity index (χ1v) is 7.79. The van der Waals surface area contributed by atoms with E-state index in [4.69, 9.17) is 0 Å². The maximum atomic E-state index is 11.9. The summed E-state index contributed by atoms with van der Waals surface area (Å²) in [6, 6.07) is 0.138. The Hall–Kier alpha value is -0.130. The van der Waals surface area contributed by atoms with E-state index in [0.29, 0.717) is 5.92 Å². The molecule has 1 aliphatic rings. The summed E-state index contributed by atoms with van der Waals surface area (Å²) in [4.78, 5) is 0. The van der Waals surface area contributed by atoms with Crippen LogP contribution in [0.3, 0.4) is 0 Å². The molecule has 1 rings (SSSR count). The highest BCUT2D eigenvalue weighted by Crippen LogP contribution is 2.10. The van der Waals surface area contributed by atoms with Crippen molar-refractivity contribution < 1.29 is 8.42 Å². The Labute approximate surface area is 99.2 Å². The zero-order chi connectivity index (χ0) is 12.2. The minimum atomic E-state index is -3.14. The molecule has 0 saturated carbocycles. The van der Waals surface area contributed by atoms with Crippen molar-refractivity contribution in [3.63, 3.8) is 0 Å². The lowest BCUT2D eigenvalue weighted by molar-refractivity contribution is 0.418. The van der Waals surface area contributed by atoms with Crippen LogP contribution in [0, 0.1) is 5.92 Å². The van der Waals surface area contributed by atoms with Gasteiger partial charge in [0, 0.05) is 12.1 Å². The monoisotopic (exact) mass is 248 g/mol. The van der Waals surface area contributed by atoms with E-state index in [2.05, 4.69) is 10.0 Å². The average molecular weight is 248 g/mol. The Balaban J connectivity index is 2.44. The lowest BCUT2D eigenvalue weighted by Gasteiger charge is -2.25. The van der Waals surface area contributed by atoms with Gasteiger partial charge in [-0.2, -0.15) is 0 Å². The quantitative estimate of drug-likeness (QED) is 0.766. The molecule has 2 atom stereocenters. The molecule has 0 radical (unpaired) electrons. The molecular weight excluding hydrogens is 224 g/mol. The minimum Gasteiger partial charge on any atom is -0.313 e. The molecule has 1 aliphatic heterocycles. The van der Waals surface area contributed by atoms with Gasteiger partial charge in [-0.05, 0) is 32.2 Å². The van der Waals surface area contributed by atoms with E-state index >= 15 is 0 Å². The topological polar surface area (TPSA) is 58.2 Å².